The number of carbonyl (C=O) groups is 3. The van der Waals surface area contributed by atoms with Crippen LogP contribution in [0.2, 0.25) is 0 Å². The molecule has 1 aliphatic rings. The third-order valence-corrected chi connectivity index (χ3v) is 4.97. The molecule has 9 nitrogen and oxygen atoms in total. The Balaban J connectivity index is 1.46. The summed E-state index contributed by atoms with van der Waals surface area (Å²) in [6, 6.07) is 12.9. The second kappa shape index (κ2) is 10.5. The standard InChI is InChI=1S/C25H21FN4O5/c26-16-3-5-17(6-4-16)28-25(34)29-18-7-9-19(10-8-18)35-21-13-14-27-23(20(21)11-12-22(31)32)30-24(33)15-1-2-15/h3-15H,1-2H2,(H,31,32)(H,27,30,33)(H2,28,29,34). The number of carbonyl (C=O) groups excluding carboxylic acids is 2. The summed E-state index contributed by atoms with van der Waals surface area (Å²) < 4.78 is 18.9. The highest BCUT2D eigenvalue weighted by Crippen LogP contribution is 2.34. The van der Waals surface area contributed by atoms with Crippen LogP contribution in [0.15, 0.2) is 66.9 Å². The Bertz CT molecular complexity index is 1270. The molecule has 0 saturated heterocycles. The molecule has 0 atom stereocenters. The first-order valence-corrected chi connectivity index (χ1v) is 10.7. The average Bonchev–Trinajstić information content (AvgIpc) is 3.67. The van der Waals surface area contributed by atoms with Crippen molar-refractivity contribution in [2.75, 3.05) is 16.0 Å². The van der Waals surface area contributed by atoms with Crippen LogP contribution < -0.4 is 20.7 Å². The van der Waals surface area contributed by atoms with Gasteiger partial charge in [0.05, 0.1) is 5.56 Å². The van der Waals surface area contributed by atoms with Gasteiger partial charge in [0.2, 0.25) is 5.91 Å². The normalized spacial score (nSPS) is 12.7. The van der Waals surface area contributed by atoms with Gasteiger partial charge < -0.3 is 25.8 Å². The van der Waals surface area contributed by atoms with Gasteiger partial charge >= 0.3 is 12.0 Å². The van der Waals surface area contributed by atoms with Crippen LogP contribution >= 0.6 is 0 Å². The smallest absolute Gasteiger partial charge is 0.328 e. The molecule has 1 aliphatic carbocycles. The Morgan fingerprint density at radius 2 is 1.57 bits per heavy atom. The first kappa shape index (κ1) is 23.4. The highest BCUT2D eigenvalue weighted by atomic mass is 19.1. The second-order valence-electron chi connectivity index (χ2n) is 7.72. The molecule has 1 aromatic heterocycles. The maximum absolute atomic E-state index is 13.0. The Morgan fingerprint density at radius 3 is 2.17 bits per heavy atom. The van der Waals surface area contributed by atoms with Crippen LogP contribution in [0.25, 0.3) is 6.08 Å². The number of pyridine rings is 1. The number of aliphatic carboxylic acids is 1. The lowest BCUT2D eigenvalue weighted by atomic mass is 10.2. The SMILES string of the molecule is O=C(O)C=Cc1c(Oc2ccc(NC(=O)Nc3ccc(F)cc3)cc2)ccnc1NC(=O)C1CC1. The van der Waals surface area contributed by atoms with Crippen LogP contribution in [0.5, 0.6) is 11.5 Å². The van der Waals surface area contributed by atoms with E-state index in [1.54, 1.807) is 30.3 Å². The molecular weight excluding hydrogens is 455 g/mol. The number of anilines is 3. The number of nitrogens with one attached hydrogen (secondary N) is 3. The van der Waals surface area contributed by atoms with Crippen molar-refractivity contribution in [3.8, 4) is 11.5 Å². The Kier molecular flexibility index (Phi) is 7.01. The van der Waals surface area contributed by atoms with E-state index in [2.05, 4.69) is 20.9 Å². The van der Waals surface area contributed by atoms with Crippen molar-refractivity contribution in [1.82, 2.24) is 4.98 Å². The third-order valence-electron chi connectivity index (χ3n) is 4.97. The van der Waals surface area contributed by atoms with E-state index in [1.165, 1.54) is 36.5 Å². The van der Waals surface area contributed by atoms with Crippen molar-refractivity contribution >= 4 is 41.2 Å². The van der Waals surface area contributed by atoms with Gasteiger partial charge in [0.1, 0.15) is 23.1 Å². The molecule has 1 fully saturated rings. The summed E-state index contributed by atoms with van der Waals surface area (Å²) in [6.07, 6.45) is 5.31. The molecule has 0 aliphatic heterocycles. The molecule has 1 saturated carbocycles. The number of rotatable bonds is 8. The summed E-state index contributed by atoms with van der Waals surface area (Å²) >= 11 is 0. The number of carboxylic acids is 1. The predicted octanol–water partition coefficient (Wildman–Crippen LogP) is 5.10. The number of urea groups is 1. The molecule has 1 heterocycles. The monoisotopic (exact) mass is 476 g/mol. The van der Waals surface area contributed by atoms with Crippen LogP contribution in [0.4, 0.5) is 26.4 Å². The van der Waals surface area contributed by atoms with Gasteiger partial charge in [-0.1, -0.05) is 0 Å². The Hall–Kier alpha value is -4.73. The number of carboxylic acid groups (broad SMARTS) is 1. The first-order chi connectivity index (χ1) is 16.9. The molecule has 178 valence electrons. The lowest BCUT2D eigenvalue weighted by molar-refractivity contribution is -0.131. The molecule has 4 rings (SSSR count). The fraction of sp³-hybridized carbons (Fsp3) is 0.120. The molecule has 4 N–H and O–H groups in total. The van der Waals surface area contributed by atoms with Crippen LogP contribution in [0, 0.1) is 11.7 Å². The van der Waals surface area contributed by atoms with E-state index in [0.717, 1.165) is 18.9 Å². The van der Waals surface area contributed by atoms with E-state index in [1.807, 2.05) is 0 Å². The van der Waals surface area contributed by atoms with E-state index in [4.69, 9.17) is 9.84 Å². The maximum atomic E-state index is 13.0. The van der Waals surface area contributed by atoms with E-state index in [9.17, 15) is 18.8 Å². The average molecular weight is 476 g/mol. The van der Waals surface area contributed by atoms with Gasteiger partial charge in [-0.25, -0.2) is 19.0 Å². The molecule has 0 radical (unpaired) electrons. The highest BCUT2D eigenvalue weighted by molar-refractivity contribution is 5.99. The van der Waals surface area contributed by atoms with Crippen molar-refractivity contribution in [1.29, 1.82) is 0 Å². The molecule has 0 spiro atoms. The number of aromatic nitrogens is 1. The van der Waals surface area contributed by atoms with Crippen LogP contribution in [-0.4, -0.2) is 28.0 Å². The zero-order valence-electron chi connectivity index (χ0n) is 18.3. The zero-order valence-corrected chi connectivity index (χ0v) is 18.3. The maximum Gasteiger partial charge on any atom is 0.328 e. The Labute approximate surface area is 199 Å². The predicted molar refractivity (Wildman–Crippen MR) is 128 cm³/mol. The lowest BCUT2D eigenvalue weighted by Crippen LogP contribution is -2.19. The second-order valence-corrected chi connectivity index (χ2v) is 7.72. The van der Waals surface area contributed by atoms with Crippen LogP contribution in [0.3, 0.4) is 0 Å². The van der Waals surface area contributed by atoms with Gasteiger partial charge in [-0.2, -0.15) is 0 Å². The van der Waals surface area contributed by atoms with Gasteiger partial charge in [0, 0.05) is 29.6 Å². The summed E-state index contributed by atoms with van der Waals surface area (Å²) in [6.45, 7) is 0. The molecule has 35 heavy (non-hydrogen) atoms. The number of halogens is 1. The Morgan fingerprint density at radius 1 is 0.943 bits per heavy atom. The summed E-state index contributed by atoms with van der Waals surface area (Å²) in [4.78, 5) is 39.6. The minimum atomic E-state index is -1.16. The summed E-state index contributed by atoms with van der Waals surface area (Å²) in [5, 5.41) is 17.0. The molecule has 3 amide bonds. The molecule has 0 bridgehead atoms. The van der Waals surface area contributed by atoms with Crippen molar-refractivity contribution in [3.05, 3.63) is 78.3 Å². The fourth-order valence-electron chi connectivity index (χ4n) is 3.08. The van der Waals surface area contributed by atoms with Crippen molar-refractivity contribution < 1.29 is 28.6 Å². The molecular formula is C25H21FN4O5. The third kappa shape index (κ3) is 6.64. The molecule has 2 aromatic carbocycles. The van der Waals surface area contributed by atoms with E-state index >= 15 is 0 Å². The summed E-state index contributed by atoms with van der Waals surface area (Å²) in [5.74, 6) is -0.892. The molecule has 3 aromatic rings. The number of ether oxygens (including phenoxy) is 1. The van der Waals surface area contributed by atoms with Gasteiger partial charge in [0.25, 0.3) is 0 Å². The van der Waals surface area contributed by atoms with E-state index in [-0.39, 0.29) is 17.6 Å². The quantitative estimate of drug-likeness (QED) is 0.335. The van der Waals surface area contributed by atoms with Crippen molar-refractivity contribution in [2.45, 2.75) is 12.8 Å². The van der Waals surface area contributed by atoms with Gasteiger partial charge in [0.15, 0.2) is 0 Å². The number of amides is 3. The fourth-order valence-corrected chi connectivity index (χ4v) is 3.08. The lowest BCUT2D eigenvalue weighted by Gasteiger charge is -2.13. The molecule has 0 unspecified atom stereocenters. The summed E-state index contributed by atoms with van der Waals surface area (Å²) in [5.41, 5.74) is 1.23. The zero-order chi connectivity index (χ0) is 24.8. The highest BCUT2D eigenvalue weighted by Gasteiger charge is 2.30. The topological polar surface area (TPSA) is 130 Å². The number of hydrogen-bond donors (Lipinski definition) is 4. The van der Waals surface area contributed by atoms with Gasteiger partial charge in [-0.05, 0) is 73.5 Å². The largest absolute Gasteiger partial charge is 0.478 e. The summed E-state index contributed by atoms with van der Waals surface area (Å²) in [7, 11) is 0. The minimum absolute atomic E-state index is 0.0574. The number of benzene rings is 2. The molecule has 10 heteroatoms. The van der Waals surface area contributed by atoms with Gasteiger partial charge in [-0.3, -0.25) is 4.79 Å². The van der Waals surface area contributed by atoms with E-state index in [0.29, 0.717) is 28.4 Å². The number of hydrogen-bond acceptors (Lipinski definition) is 5. The first-order valence-electron chi connectivity index (χ1n) is 10.7. The minimum Gasteiger partial charge on any atom is -0.478 e. The van der Waals surface area contributed by atoms with Crippen molar-refractivity contribution in [3.63, 3.8) is 0 Å². The van der Waals surface area contributed by atoms with Crippen LogP contribution in [-0.2, 0) is 9.59 Å². The van der Waals surface area contributed by atoms with Crippen LogP contribution in [0.1, 0.15) is 18.4 Å². The van der Waals surface area contributed by atoms with Crippen molar-refractivity contribution in [2.24, 2.45) is 5.92 Å². The van der Waals surface area contributed by atoms with E-state index < -0.39 is 17.8 Å². The number of nitrogens with zero attached hydrogens (tertiary/aromatic N) is 1. The van der Waals surface area contributed by atoms with Gasteiger partial charge in [-0.15, -0.1) is 0 Å².